The summed E-state index contributed by atoms with van der Waals surface area (Å²) in [4.78, 5) is 19.6. The van der Waals surface area contributed by atoms with Crippen LogP contribution in [-0.4, -0.2) is 21.4 Å². The van der Waals surface area contributed by atoms with Gasteiger partial charge in [-0.05, 0) is 19.1 Å². The molecule has 0 atom stereocenters. The third kappa shape index (κ3) is 2.72. The van der Waals surface area contributed by atoms with Gasteiger partial charge in [0, 0.05) is 6.54 Å². The average molecular weight is 292 g/mol. The zero-order valence-electron chi connectivity index (χ0n) is 11.2. The number of aromatic nitrogens is 2. The van der Waals surface area contributed by atoms with Gasteiger partial charge in [-0.15, -0.1) is 0 Å². The SMILES string of the molecule is CCN(c1ccccc1F)c1ncnc(NN)c1[N+](=O)[O-]. The summed E-state index contributed by atoms with van der Waals surface area (Å²) in [6.45, 7) is 2.01. The van der Waals surface area contributed by atoms with Crippen molar-refractivity contribution in [3.8, 4) is 0 Å². The largest absolute Gasteiger partial charge is 0.355 e. The number of nitrogens with one attached hydrogen (secondary N) is 1. The van der Waals surface area contributed by atoms with Gasteiger partial charge in [-0.2, -0.15) is 0 Å². The van der Waals surface area contributed by atoms with E-state index < -0.39 is 16.4 Å². The molecule has 1 aromatic heterocycles. The second kappa shape index (κ2) is 6.09. The van der Waals surface area contributed by atoms with Crippen molar-refractivity contribution >= 4 is 23.0 Å². The molecule has 0 fully saturated rings. The fourth-order valence-electron chi connectivity index (χ4n) is 1.95. The van der Waals surface area contributed by atoms with Gasteiger partial charge in [-0.1, -0.05) is 12.1 Å². The molecule has 110 valence electrons. The van der Waals surface area contributed by atoms with E-state index in [-0.39, 0.29) is 23.9 Å². The van der Waals surface area contributed by atoms with Crippen LogP contribution in [0.5, 0.6) is 0 Å². The normalized spacial score (nSPS) is 10.2. The highest BCUT2D eigenvalue weighted by atomic mass is 19.1. The molecule has 2 aromatic rings. The Labute approximate surface area is 119 Å². The lowest BCUT2D eigenvalue weighted by Crippen LogP contribution is -2.21. The fraction of sp³-hybridized carbons (Fsp3) is 0.167. The van der Waals surface area contributed by atoms with Crippen molar-refractivity contribution in [2.45, 2.75) is 6.92 Å². The molecule has 9 heteroatoms. The second-order valence-corrected chi connectivity index (χ2v) is 3.99. The van der Waals surface area contributed by atoms with Gasteiger partial charge in [-0.25, -0.2) is 20.2 Å². The predicted molar refractivity (Wildman–Crippen MR) is 75.6 cm³/mol. The van der Waals surface area contributed by atoms with E-state index in [4.69, 9.17) is 5.84 Å². The second-order valence-electron chi connectivity index (χ2n) is 3.99. The maximum Gasteiger partial charge on any atom is 0.355 e. The third-order valence-electron chi connectivity index (χ3n) is 2.84. The number of anilines is 3. The van der Waals surface area contributed by atoms with Gasteiger partial charge in [-0.3, -0.25) is 10.1 Å². The number of nitrogens with two attached hydrogens (primary N) is 1. The fourth-order valence-corrected chi connectivity index (χ4v) is 1.95. The van der Waals surface area contributed by atoms with Crippen LogP contribution in [0.1, 0.15) is 6.92 Å². The number of para-hydroxylation sites is 1. The summed E-state index contributed by atoms with van der Waals surface area (Å²) in [5, 5.41) is 11.2. The van der Waals surface area contributed by atoms with Crippen LogP contribution in [0.25, 0.3) is 0 Å². The molecule has 21 heavy (non-hydrogen) atoms. The first kappa shape index (κ1) is 14.6. The summed E-state index contributed by atoms with van der Waals surface area (Å²) in [6, 6.07) is 5.96. The Kier molecular flexibility index (Phi) is 4.24. The quantitative estimate of drug-likeness (QED) is 0.492. The molecule has 1 aromatic carbocycles. The number of hydrogen-bond donors (Lipinski definition) is 2. The minimum absolute atomic E-state index is 0.0319. The van der Waals surface area contributed by atoms with Crippen LogP contribution in [0.15, 0.2) is 30.6 Å². The summed E-state index contributed by atoms with van der Waals surface area (Å²) >= 11 is 0. The molecular formula is C12H13FN6O2. The van der Waals surface area contributed by atoms with Crippen molar-refractivity contribution in [1.82, 2.24) is 9.97 Å². The lowest BCUT2D eigenvalue weighted by atomic mass is 10.2. The zero-order chi connectivity index (χ0) is 15.4. The Bertz CT molecular complexity index is 666. The van der Waals surface area contributed by atoms with Gasteiger partial charge in [0.2, 0.25) is 11.6 Å². The van der Waals surface area contributed by atoms with Crippen LogP contribution < -0.4 is 16.2 Å². The van der Waals surface area contributed by atoms with Crippen molar-refractivity contribution in [3.05, 3.63) is 46.5 Å². The molecule has 0 unspecified atom stereocenters. The van der Waals surface area contributed by atoms with Gasteiger partial charge in [0.1, 0.15) is 12.1 Å². The Hall–Kier alpha value is -2.81. The summed E-state index contributed by atoms with van der Waals surface area (Å²) in [7, 11) is 0. The van der Waals surface area contributed by atoms with Gasteiger partial charge in [0.15, 0.2) is 0 Å². The van der Waals surface area contributed by atoms with Crippen molar-refractivity contribution in [1.29, 1.82) is 0 Å². The minimum atomic E-state index is -0.659. The highest BCUT2D eigenvalue weighted by Gasteiger charge is 2.27. The minimum Gasteiger partial charge on any atom is -0.318 e. The van der Waals surface area contributed by atoms with E-state index >= 15 is 0 Å². The molecule has 0 aliphatic rings. The molecule has 0 radical (unpaired) electrons. The van der Waals surface area contributed by atoms with Gasteiger partial charge in [0.25, 0.3) is 0 Å². The van der Waals surface area contributed by atoms with Crippen LogP contribution in [0.3, 0.4) is 0 Å². The summed E-state index contributed by atoms with van der Waals surface area (Å²) in [5.74, 6) is 4.55. The first-order chi connectivity index (χ1) is 10.1. The Balaban J connectivity index is 2.63. The van der Waals surface area contributed by atoms with E-state index in [1.54, 1.807) is 13.0 Å². The van der Waals surface area contributed by atoms with Crippen molar-refractivity contribution in [2.24, 2.45) is 5.84 Å². The van der Waals surface area contributed by atoms with Crippen molar-refractivity contribution in [3.63, 3.8) is 0 Å². The molecule has 3 N–H and O–H groups in total. The van der Waals surface area contributed by atoms with Crippen LogP contribution in [0.2, 0.25) is 0 Å². The number of nitrogen functional groups attached to an aromatic ring is 1. The smallest absolute Gasteiger partial charge is 0.318 e. The molecule has 0 spiro atoms. The number of nitro groups is 1. The summed E-state index contributed by atoms with van der Waals surface area (Å²) in [5.41, 5.74) is 1.92. The molecule has 0 saturated carbocycles. The van der Waals surface area contributed by atoms with Crippen LogP contribution in [0, 0.1) is 15.9 Å². The molecule has 2 rings (SSSR count). The molecule has 0 amide bonds. The molecule has 0 saturated heterocycles. The Morgan fingerprint density at radius 1 is 1.43 bits per heavy atom. The van der Waals surface area contributed by atoms with Gasteiger partial charge >= 0.3 is 5.69 Å². The van der Waals surface area contributed by atoms with Gasteiger partial charge < -0.3 is 10.3 Å². The molecule has 0 bridgehead atoms. The number of hydrazine groups is 1. The first-order valence-corrected chi connectivity index (χ1v) is 6.08. The lowest BCUT2D eigenvalue weighted by Gasteiger charge is -2.22. The van der Waals surface area contributed by atoms with E-state index in [1.165, 1.54) is 23.1 Å². The standard InChI is InChI=1S/C12H13FN6O2/c1-2-18(9-6-4-3-5-8(9)13)12-10(19(20)21)11(17-14)15-7-16-12/h3-7H,2,14H2,1H3,(H,15,16,17). The van der Waals surface area contributed by atoms with Crippen molar-refractivity contribution < 1.29 is 9.31 Å². The molecule has 0 aliphatic heterocycles. The first-order valence-electron chi connectivity index (χ1n) is 6.08. The maximum atomic E-state index is 13.9. The third-order valence-corrected chi connectivity index (χ3v) is 2.84. The maximum absolute atomic E-state index is 13.9. The predicted octanol–water partition coefficient (Wildman–Crippen LogP) is 1.97. The van der Waals surface area contributed by atoms with Gasteiger partial charge in [0.05, 0.1) is 10.6 Å². The van der Waals surface area contributed by atoms with E-state index in [2.05, 4.69) is 15.4 Å². The van der Waals surface area contributed by atoms with Crippen molar-refractivity contribution in [2.75, 3.05) is 16.9 Å². The summed E-state index contributed by atoms with van der Waals surface area (Å²) in [6.07, 6.45) is 1.13. The number of benzene rings is 1. The number of rotatable bonds is 5. The Morgan fingerprint density at radius 3 is 2.71 bits per heavy atom. The van der Waals surface area contributed by atoms with E-state index in [0.29, 0.717) is 0 Å². The molecule has 1 heterocycles. The number of hydrogen-bond acceptors (Lipinski definition) is 7. The topological polar surface area (TPSA) is 110 Å². The van der Waals surface area contributed by atoms with E-state index in [1.807, 2.05) is 0 Å². The highest BCUT2D eigenvalue weighted by molar-refractivity contribution is 5.75. The lowest BCUT2D eigenvalue weighted by molar-refractivity contribution is -0.383. The van der Waals surface area contributed by atoms with Crippen LogP contribution in [0.4, 0.5) is 27.4 Å². The molecule has 0 aliphatic carbocycles. The monoisotopic (exact) mass is 292 g/mol. The summed E-state index contributed by atoms with van der Waals surface area (Å²) < 4.78 is 13.9. The molecule has 8 nitrogen and oxygen atoms in total. The van der Waals surface area contributed by atoms with E-state index in [0.717, 1.165) is 6.33 Å². The van der Waals surface area contributed by atoms with Crippen LogP contribution >= 0.6 is 0 Å². The number of nitrogens with zero attached hydrogens (tertiary/aromatic N) is 4. The number of halogens is 1. The average Bonchev–Trinajstić information content (AvgIpc) is 2.49. The molecular weight excluding hydrogens is 279 g/mol. The zero-order valence-corrected chi connectivity index (χ0v) is 11.2. The van der Waals surface area contributed by atoms with Crippen LogP contribution in [-0.2, 0) is 0 Å². The van der Waals surface area contributed by atoms with E-state index in [9.17, 15) is 14.5 Å². The highest BCUT2D eigenvalue weighted by Crippen LogP contribution is 2.35. The Morgan fingerprint density at radius 2 is 2.14 bits per heavy atom.